The molecule has 0 unspecified atom stereocenters. The molecule has 0 spiro atoms. The van der Waals surface area contributed by atoms with Crippen molar-refractivity contribution in [3.63, 3.8) is 0 Å². The number of nitrogens with zero attached hydrogens (tertiary/aromatic N) is 1. The number of carbonyl (C=O) groups is 1. The van der Waals surface area contributed by atoms with Crippen molar-refractivity contribution in [3.05, 3.63) is 49.6 Å². The fourth-order valence-corrected chi connectivity index (χ4v) is 4.16. The molecular formula is C14H12Br3N3O. The predicted molar refractivity (Wildman–Crippen MR) is 95.9 cm³/mol. The number of hydrogen-bond donors (Lipinski definition) is 2. The van der Waals surface area contributed by atoms with Crippen LogP contribution in [0.4, 0.5) is 11.4 Å². The summed E-state index contributed by atoms with van der Waals surface area (Å²) in [7, 11) is 0. The Labute approximate surface area is 148 Å². The molecule has 110 valence electrons. The number of benzene rings is 1. The van der Waals surface area contributed by atoms with Crippen LogP contribution in [0.5, 0.6) is 0 Å². The Balaban J connectivity index is 2.24. The number of aromatic nitrogens is 1. The van der Waals surface area contributed by atoms with Gasteiger partial charge in [-0.1, -0.05) is 15.9 Å². The number of nitrogens with one attached hydrogen (secondary N) is 2. The van der Waals surface area contributed by atoms with Gasteiger partial charge >= 0.3 is 0 Å². The van der Waals surface area contributed by atoms with Crippen LogP contribution >= 0.6 is 47.8 Å². The van der Waals surface area contributed by atoms with E-state index in [2.05, 4.69) is 63.4 Å². The summed E-state index contributed by atoms with van der Waals surface area (Å²) in [6.45, 7) is 2.78. The molecule has 0 saturated heterocycles. The van der Waals surface area contributed by atoms with E-state index < -0.39 is 0 Å². The Kier molecular flexibility index (Phi) is 5.78. The molecule has 2 rings (SSSR count). The summed E-state index contributed by atoms with van der Waals surface area (Å²) in [5, 5.41) is 6.00. The Morgan fingerprint density at radius 1 is 1.19 bits per heavy atom. The highest BCUT2D eigenvalue weighted by molar-refractivity contribution is 9.11. The molecule has 1 amide bonds. The van der Waals surface area contributed by atoms with E-state index >= 15 is 0 Å². The zero-order valence-electron chi connectivity index (χ0n) is 11.1. The van der Waals surface area contributed by atoms with Crippen LogP contribution in [0.3, 0.4) is 0 Å². The first-order valence-electron chi connectivity index (χ1n) is 6.17. The summed E-state index contributed by atoms with van der Waals surface area (Å²) < 4.78 is 2.46. The second-order valence-corrected chi connectivity index (χ2v) is 6.78. The van der Waals surface area contributed by atoms with Crippen molar-refractivity contribution < 1.29 is 4.79 Å². The van der Waals surface area contributed by atoms with E-state index in [-0.39, 0.29) is 5.91 Å². The fraction of sp³-hybridized carbons (Fsp3) is 0.143. The Morgan fingerprint density at radius 2 is 1.86 bits per heavy atom. The van der Waals surface area contributed by atoms with E-state index in [1.807, 2.05) is 25.1 Å². The second kappa shape index (κ2) is 7.38. The lowest BCUT2D eigenvalue weighted by molar-refractivity contribution is 0.102. The smallest absolute Gasteiger partial charge is 0.274 e. The molecule has 7 heteroatoms. The first-order valence-corrected chi connectivity index (χ1v) is 8.55. The van der Waals surface area contributed by atoms with E-state index in [4.69, 9.17) is 0 Å². The van der Waals surface area contributed by atoms with Gasteiger partial charge in [-0.15, -0.1) is 0 Å². The minimum absolute atomic E-state index is 0.265. The third kappa shape index (κ3) is 4.28. The number of anilines is 2. The first kappa shape index (κ1) is 16.5. The van der Waals surface area contributed by atoms with Gasteiger partial charge in [-0.3, -0.25) is 9.78 Å². The molecule has 0 aliphatic carbocycles. The highest BCUT2D eigenvalue weighted by Gasteiger charge is 2.13. The van der Waals surface area contributed by atoms with Gasteiger partial charge < -0.3 is 10.6 Å². The average molecular weight is 478 g/mol. The van der Waals surface area contributed by atoms with Gasteiger partial charge in [0, 0.05) is 31.8 Å². The minimum atomic E-state index is -0.265. The molecule has 0 aliphatic heterocycles. The second-order valence-electron chi connectivity index (χ2n) is 4.16. The lowest BCUT2D eigenvalue weighted by atomic mass is 10.2. The zero-order chi connectivity index (χ0) is 15.4. The minimum Gasteiger partial charge on any atom is -0.385 e. The van der Waals surface area contributed by atoms with E-state index in [0.29, 0.717) is 11.4 Å². The van der Waals surface area contributed by atoms with Crippen LogP contribution in [0.25, 0.3) is 0 Å². The highest BCUT2D eigenvalue weighted by atomic mass is 79.9. The van der Waals surface area contributed by atoms with Gasteiger partial charge in [-0.2, -0.15) is 0 Å². The molecule has 2 N–H and O–H groups in total. The van der Waals surface area contributed by atoms with E-state index in [9.17, 15) is 4.79 Å². The Morgan fingerprint density at radius 3 is 2.48 bits per heavy atom. The third-order valence-corrected chi connectivity index (χ3v) is 4.33. The average Bonchev–Trinajstić information content (AvgIpc) is 2.43. The van der Waals surface area contributed by atoms with Gasteiger partial charge in [-0.25, -0.2) is 0 Å². The van der Waals surface area contributed by atoms with Crippen LogP contribution in [0, 0.1) is 0 Å². The van der Waals surface area contributed by atoms with Crippen LogP contribution in [0.2, 0.25) is 0 Å². The van der Waals surface area contributed by atoms with Crippen LogP contribution in [-0.4, -0.2) is 17.4 Å². The van der Waals surface area contributed by atoms with Crippen molar-refractivity contribution >= 4 is 65.1 Å². The quantitative estimate of drug-likeness (QED) is 0.647. The maximum Gasteiger partial charge on any atom is 0.274 e. The number of rotatable bonds is 4. The monoisotopic (exact) mass is 475 g/mol. The molecule has 0 fully saturated rings. The molecule has 1 heterocycles. The molecular weight excluding hydrogens is 466 g/mol. The maximum absolute atomic E-state index is 12.3. The lowest BCUT2D eigenvalue weighted by Gasteiger charge is -2.11. The number of amides is 1. The summed E-state index contributed by atoms with van der Waals surface area (Å²) in [4.78, 5) is 16.4. The molecule has 0 saturated carbocycles. The molecule has 0 bridgehead atoms. The van der Waals surface area contributed by atoms with Crippen molar-refractivity contribution in [2.75, 3.05) is 17.2 Å². The summed E-state index contributed by atoms with van der Waals surface area (Å²) in [6.07, 6.45) is 1.61. The topological polar surface area (TPSA) is 54.0 Å². The normalized spacial score (nSPS) is 10.3. The van der Waals surface area contributed by atoms with Gasteiger partial charge in [0.05, 0.1) is 5.69 Å². The van der Waals surface area contributed by atoms with Crippen molar-refractivity contribution in [1.29, 1.82) is 0 Å². The molecule has 1 aromatic carbocycles. The van der Waals surface area contributed by atoms with Gasteiger partial charge in [0.1, 0.15) is 5.69 Å². The molecule has 4 nitrogen and oxygen atoms in total. The molecule has 1 aromatic heterocycles. The first-order chi connectivity index (χ1) is 10.0. The van der Waals surface area contributed by atoms with E-state index in [1.54, 1.807) is 12.3 Å². The van der Waals surface area contributed by atoms with Crippen molar-refractivity contribution in [3.8, 4) is 0 Å². The van der Waals surface area contributed by atoms with Crippen molar-refractivity contribution in [2.24, 2.45) is 0 Å². The molecule has 0 radical (unpaired) electrons. The van der Waals surface area contributed by atoms with E-state index in [1.165, 1.54) is 0 Å². The number of halogens is 3. The van der Waals surface area contributed by atoms with Gasteiger partial charge in [-0.05, 0) is 63.0 Å². The highest BCUT2D eigenvalue weighted by Crippen LogP contribution is 2.34. The van der Waals surface area contributed by atoms with Gasteiger partial charge in [0.15, 0.2) is 0 Å². The third-order valence-electron chi connectivity index (χ3n) is 2.62. The van der Waals surface area contributed by atoms with Crippen molar-refractivity contribution in [1.82, 2.24) is 4.98 Å². The molecule has 0 aliphatic rings. The van der Waals surface area contributed by atoms with Crippen LogP contribution in [0.1, 0.15) is 17.4 Å². The summed E-state index contributed by atoms with van der Waals surface area (Å²) in [5.74, 6) is -0.265. The number of carbonyl (C=O) groups excluding carboxylic acids is 1. The predicted octanol–water partition coefficient (Wildman–Crippen LogP) is 5.05. The zero-order valence-corrected chi connectivity index (χ0v) is 15.8. The van der Waals surface area contributed by atoms with Gasteiger partial charge in [0.25, 0.3) is 5.91 Å². The fourth-order valence-electron chi connectivity index (χ4n) is 1.71. The largest absolute Gasteiger partial charge is 0.385 e. The van der Waals surface area contributed by atoms with Gasteiger partial charge in [0.2, 0.25) is 0 Å². The molecule has 2 aromatic rings. The van der Waals surface area contributed by atoms with Crippen LogP contribution in [0.15, 0.2) is 43.9 Å². The summed E-state index contributed by atoms with van der Waals surface area (Å²) >= 11 is 10.3. The van der Waals surface area contributed by atoms with Crippen LogP contribution < -0.4 is 10.6 Å². The Bertz CT molecular complexity index is 653. The SMILES string of the molecule is CCNc1ccnc(C(=O)Nc2c(Br)cc(Br)cc2Br)c1. The standard InChI is InChI=1S/C14H12Br3N3O/c1-2-18-9-3-4-19-12(7-9)14(21)20-13-10(16)5-8(15)6-11(13)17/h3-7H,2H2,1H3,(H,18,19)(H,20,21). The summed E-state index contributed by atoms with van der Waals surface area (Å²) in [6, 6.07) is 7.27. The molecule has 21 heavy (non-hydrogen) atoms. The maximum atomic E-state index is 12.3. The number of pyridine rings is 1. The molecule has 0 atom stereocenters. The van der Waals surface area contributed by atoms with Crippen molar-refractivity contribution in [2.45, 2.75) is 6.92 Å². The van der Waals surface area contributed by atoms with Crippen LogP contribution in [-0.2, 0) is 0 Å². The summed E-state index contributed by atoms with van der Waals surface area (Å²) in [5.41, 5.74) is 1.89. The Hall–Kier alpha value is -0.920. The van der Waals surface area contributed by atoms with E-state index in [0.717, 1.165) is 25.7 Å². The lowest BCUT2D eigenvalue weighted by Crippen LogP contribution is -2.15. The number of hydrogen-bond acceptors (Lipinski definition) is 3.